The Balaban J connectivity index is 0.000000226. The fourth-order valence-electron chi connectivity index (χ4n) is 9.49. The molecule has 8 rings (SSSR count). The normalized spacial score (nSPS) is 21.1. The van der Waals surface area contributed by atoms with Crippen molar-refractivity contribution in [1.82, 2.24) is 20.4 Å². The lowest BCUT2D eigenvalue weighted by molar-refractivity contribution is -0.126. The Morgan fingerprint density at radius 1 is 0.462 bits per heavy atom. The second kappa shape index (κ2) is 28.0. The van der Waals surface area contributed by atoms with Crippen LogP contribution < -0.4 is 39.1 Å². The van der Waals surface area contributed by atoms with Crippen LogP contribution in [0.1, 0.15) is 94.6 Å². The van der Waals surface area contributed by atoms with E-state index in [2.05, 4.69) is 10.6 Å². The molecule has 6 aromatic rings. The largest absolute Gasteiger partial charge is 0.497 e. The van der Waals surface area contributed by atoms with Crippen molar-refractivity contribution in [2.45, 2.75) is 88.7 Å². The van der Waals surface area contributed by atoms with Crippen molar-refractivity contribution in [2.24, 2.45) is 0 Å². The Labute approximate surface area is 458 Å². The molecule has 0 aromatic heterocycles. The first-order valence-electron chi connectivity index (χ1n) is 26.3. The van der Waals surface area contributed by atoms with Crippen LogP contribution in [0.25, 0.3) is 0 Å². The van der Waals surface area contributed by atoms with Crippen molar-refractivity contribution in [2.75, 3.05) is 42.5 Å². The van der Waals surface area contributed by atoms with Crippen LogP contribution in [0.2, 0.25) is 0 Å². The fraction of sp³-hybridized carbons (Fsp3) is 0.312. The van der Waals surface area contributed by atoms with Gasteiger partial charge < -0.3 is 48.9 Å². The SMILES string of the molecule is COc1ccc([C@H]2C/C=C/C[C@H](C)Oc3ccccc3C(=O)N(C)[C@@H](Cc3ccccc3)C(=O)N2)c(OC)c1.COc1ccc([C@H]2C/C=C\C[C@H](C)Oc3ccccc3C(=O)N(C)[C@@H](Cc3ccccc3)C(=O)N2)c(OC)c1. The van der Waals surface area contributed by atoms with Gasteiger partial charge in [-0.2, -0.15) is 0 Å². The van der Waals surface area contributed by atoms with Gasteiger partial charge in [0, 0.05) is 63.0 Å². The molecule has 6 aromatic carbocycles. The molecule has 0 radical (unpaired) electrons. The first kappa shape index (κ1) is 57.2. The van der Waals surface area contributed by atoms with E-state index in [1.807, 2.05) is 135 Å². The van der Waals surface area contributed by atoms with E-state index in [4.69, 9.17) is 28.4 Å². The smallest absolute Gasteiger partial charge is 0.258 e. The summed E-state index contributed by atoms with van der Waals surface area (Å²) < 4.78 is 34.4. The summed E-state index contributed by atoms with van der Waals surface area (Å²) in [4.78, 5) is 58.6. The second-order valence-corrected chi connectivity index (χ2v) is 19.3. The van der Waals surface area contributed by atoms with Crippen LogP contribution in [0.5, 0.6) is 34.5 Å². The minimum atomic E-state index is -0.760. The standard InChI is InChI=1S/2C32H36N2O5/c2*1-22-12-8-10-16-27(25-19-18-24(37-3)21-30(25)38-4)33-31(35)28(20-23-13-6-5-7-14-23)34(2)32(36)26-15-9-11-17-29(26)39-22/h2*5-11,13-15,17-19,21-22,27-28H,12,16,20H2,1-4H3,(H,33,35)/b10-8+;10-8-/t2*22-,27+,28-/m00/s1. The number of benzene rings is 6. The highest BCUT2D eigenvalue weighted by atomic mass is 16.5. The topological polar surface area (TPSA) is 154 Å². The number of methoxy groups -OCH3 is 4. The first-order valence-corrected chi connectivity index (χ1v) is 26.3. The Bertz CT molecular complexity index is 2820. The monoisotopic (exact) mass is 1060 g/mol. The lowest BCUT2D eigenvalue weighted by Gasteiger charge is -2.31. The highest BCUT2D eigenvalue weighted by Crippen LogP contribution is 2.34. The average Bonchev–Trinajstić information content (AvgIpc) is 3.47. The number of ether oxygens (including phenoxy) is 6. The van der Waals surface area contributed by atoms with Crippen molar-refractivity contribution in [3.05, 3.63) is 203 Å². The van der Waals surface area contributed by atoms with Crippen molar-refractivity contribution >= 4 is 23.6 Å². The second-order valence-electron chi connectivity index (χ2n) is 19.3. The molecule has 408 valence electrons. The molecular formula is C64H72N4O10. The Kier molecular flexibility index (Phi) is 20.5. The maximum atomic E-state index is 14.0. The van der Waals surface area contributed by atoms with Crippen LogP contribution in [0.15, 0.2) is 170 Å². The van der Waals surface area contributed by atoms with Gasteiger partial charge in [0.1, 0.15) is 46.6 Å². The van der Waals surface area contributed by atoms with Crippen molar-refractivity contribution in [3.63, 3.8) is 0 Å². The predicted octanol–water partition coefficient (Wildman–Crippen LogP) is 10.7. The van der Waals surface area contributed by atoms with Crippen LogP contribution in [0, 0.1) is 0 Å². The molecule has 2 aliphatic rings. The molecule has 0 bridgehead atoms. The summed E-state index contributed by atoms with van der Waals surface area (Å²) in [5, 5.41) is 6.44. The predicted molar refractivity (Wildman–Crippen MR) is 303 cm³/mol. The number of rotatable bonds is 10. The Morgan fingerprint density at radius 2 is 0.821 bits per heavy atom. The summed E-state index contributed by atoms with van der Waals surface area (Å²) in [6.07, 6.45) is 11.0. The zero-order valence-corrected chi connectivity index (χ0v) is 45.8. The van der Waals surface area contributed by atoms with E-state index in [-0.39, 0.29) is 47.9 Å². The van der Waals surface area contributed by atoms with E-state index in [0.717, 1.165) is 22.3 Å². The highest BCUT2D eigenvalue weighted by Gasteiger charge is 2.34. The molecule has 14 heteroatoms. The summed E-state index contributed by atoms with van der Waals surface area (Å²) >= 11 is 0. The number of hydrogen-bond donors (Lipinski definition) is 2. The van der Waals surface area contributed by atoms with Crippen LogP contribution in [-0.2, 0) is 22.4 Å². The number of para-hydroxylation sites is 2. The lowest BCUT2D eigenvalue weighted by Crippen LogP contribution is -2.49. The molecule has 2 N–H and O–H groups in total. The maximum Gasteiger partial charge on any atom is 0.258 e. The Hall–Kier alpha value is -8.52. The highest BCUT2D eigenvalue weighted by molar-refractivity contribution is 6.00. The van der Waals surface area contributed by atoms with Crippen molar-refractivity contribution in [3.8, 4) is 34.5 Å². The number of nitrogens with one attached hydrogen (secondary N) is 2. The van der Waals surface area contributed by atoms with E-state index in [1.165, 1.54) is 9.80 Å². The summed E-state index contributed by atoms with van der Waals surface area (Å²) in [5.74, 6) is 2.50. The van der Waals surface area contributed by atoms with Gasteiger partial charge in [-0.25, -0.2) is 0 Å². The van der Waals surface area contributed by atoms with Gasteiger partial charge in [0.25, 0.3) is 11.8 Å². The third-order valence-electron chi connectivity index (χ3n) is 13.9. The maximum absolute atomic E-state index is 14.0. The van der Waals surface area contributed by atoms with Crippen LogP contribution in [-0.4, -0.2) is 100 Å². The molecule has 2 heterocycles. The van der Waals surface area contributed by atoms with Gasteiger partial charge in [-0.05, 0) is 86.3 Å². The van der Waals surface area contributed by atoms with Crippen molar-refractivity contribution < 1.29 is 47.6 Å². The molecular weight excluding hydrogens is 985 g/mol. The van der Waals surface area contributed by atoms with Gasteiger partial charge in [-0.3, -0.25) is 19.2 Å². The van der Waals surface area contributed by atoms with Gasteiger partial charge in [0.05, 0.1) is 63.9 Å². The number of amides is 4. The average molecular weight is 1060 g/mol. The summed E-state index contributed by atoms with van der Waals surface area (Å²) in [5.41, 5.74) is 4.40. The fourth-order valence-corrected chi connectivity index (χ4v) is 9.49. The third kappa shape index (κ3) is 14.9. The molecule has 78 heavy (non-hydrogen) atoms. The van der Waals surface area contributed by atoms with Crippen LogP contribution >= 0.6 is 0 Å². The molecule has 0 unspecified atom stereocenters. The summed E-state index contributed by atoms with van der Waals surface area (Å²) in [6, 6.07) is 42.6. The van der Waals surface area contributed by atoms with Gasteiger partial charge in [0.2, 0.25) is 11.8 Å². The van der Waals surface area contributed by atoms with E-state index >= 15 is 0 Å². The molecule has 6 atom stereocenters. The molecule has 2 aliphatic heterocycles. The summed E-state index contributed by atoms with van der Waals surface area (Å²) in [6.45, 7) is 3.95. The van der Waals surface area contributed by atoms with Gasteiger partial charge in [-0.1, -0.05) is 109 Å². The zero-order chi connectivity index (χ0) is 55.6. The van der Waals surface area contributed by atoms with Crippen LogP contribution in [0.3, 0.4) is 0 Å². The van der Waals surface area contributed by atoms with Gasteiger partial charge in [-0.15, -0.1) is 0 Å². The molecule has 0 saturated heterocycles. The molecule has 0 fully saturated rings. The lowest BCUT2D eigenvalue weighted by atomic mass is 9.98. The van der Waals surface area contributed by atoms with Crippen LogP contribution in [0.4, 0.5) is 0 Å². The first-order chi connectivity index (χ1) is 37.8. The minimum absolute atomic E-state index is 0.146. The third-order valence-corrected chi connectivity index (χ3v) is 13.9. The molecule has 0 aliphatic carbocycles. The number of hydrogen-bond acceptors (Lipinski definition) is 10. The van der Waals surface area contributed by atoms with E-state index < -0.39 is 12.1 Å². The summed E-state index contributed by atoms with van der Waals surface area (Å²) in [7, 11) is 9.74. The quantitative estimate of drug-likeness (QED) is 0.127. The number of carbonyl (C=O) groups excluding carboxylic acids is 4. The number of carbonyl (C=O) groups is 4. The van der Waals surface area contributed by atoms with E-state index in [0.29, 0.717) is 84.1 Å². The van der Waals surface area contributed by atoms with Gasteiger partial charge in [0.15, 0.2) is 0 Å². The Morgan fingerprint density at radius 3 is 1.19 bits per heavy atom. The number of nitrogens with zero attached hydrogens (tertiary/aromatic N) is 2. The number of likely N-dealkylation sites (N-methyl/N-ethyl adjacent to an activating group) is 2. The van der Waals surface area contributed by atoms with E-state index in [1.54, 1.807) is 91.1 Å². The molecule has 0 spiro atoms. The molecule has 4 amide bonds. The zero-order valence-electron chi connectivity index (χ0n) is 45.8. The van der Waals surface area contributed by atoms with Gasteiger partial charge >= 0.3 is 0 Å². The minimum Gasteiger partial charge on any atom is -0.497 e. The van der Waals surface area contributed by atoms with E-state index in [9.17, 15) is 19.2 Å². The molecule has 14 nitrogen and oxygen atoms in total. The van der Waals surface area contributed by atoms with Crippen molar-refractivity contribution in [1.29, 1.82) is 0 Å². The number of fused-ring (bicyclic) bond motifs is 2. The molecule has 0 saturated carbocycles.